The fourth-order valence-electron chi connectivity index (χ4n) is 5.67. The van der Waals surface area contributed by atoms with Crippen LogP contribution in [0.4, 0.5) is 10.1 Å². The van der Waals surface area contributed by atoms with E-state index in [-0.39, 0.29) is 36.3 Å². The monoisotopic (exact) mass is 639 g/mol. The molecule has 4 aromatic rings. The molecule has 2 unspecified atom stereocenters. The van der Waals surface area contributed by atoms with Crippen LogP contribution in [0.1, 0.15) is 48.2 Å². The molecule has 246 valence electrons. The van der Waals surface area contributed by atoms with Gasteiger partial charge in [-0.1, -0.05) is 55.5 Å². The van der Waals surface area contributed by atoms with E-state index in [0.29, 0.717) is 42.2 Å². The zero-order valence-corrected chi connectivity index (χ0v) is 27.2. The lowest BCUT2D eigenvalue weighted by atomic mass is 9.98. The van der Waals surface area contributed by atoms with Crippen LogP contribution in [0.3, 0.4) is 0 Å². The molecule has 4 atom stereocenters. The van der Waals surface area contributed by atoms with Crippen molar-refractivity contribution in [1.29, 1.82) is 0 Å². The van der Waals surface area contributed by atoms with Gasteiger partial charge in [0, 0.05) is 25.6 Å². The highest BCUT2D eigenvalue weighted by Gasteiger charge is 2.35. The number of likely N-dealkylation sites (N-methyl/N-ethyl adjacent to an activating group) is 1. The van der Waals surface area contributed by atoms with E-state index >= 15 is 0 Å². The van der Waals surface area contributed by atoms with E-state index in [1.807, 2.05) is 75.5 Å². The number of nitrogens with zero attached hydrogens (tertiary/aromatic N) is 2. The van der Waals surface area contributed by atoms with E-state index in [0.717, 1.165) is 17.1 Å². The maximum absolute atomic E-state index is 13.8. The summed E-state index contributed by atoms with van der Waals surface area (Å²) in [4.78, 5) is 31.1. The van der Waals surface area contributed by atoms with Gasteiger partial charge in [0.25, 0.3) is 5.91 Å². The van der Waals surface area contributed by atoms with Gasteiger partial charge in [0.1, 0.15) is 23.4 Å². The van der Waals surface area contributed by atoms with Gasteiger partial charge in [-0.05, 0) is 80.6 Å². The predicted molar refractivity (Wildman–Crippen MR) is 180 cm³/mol. The summed E-state index contributed by atoms with van der Waals surface area (Å²) in [6, 6.07) is 28.1. The molecule has 0 saturated carbocycles. The molecular weight excluding hydrogens is 597 g/mol. The van der Waals surface area contributed by atoms with Gasteiger partial charge < -0.3 is 24.8 Å². The minimum Gasteiger partial charge on any atom is -0.486 e. The molecule has 0 aromatic heterocycles. The molecule has 0 spiro atoms. The number of fused-ring (bicyclic) bond motifs is 1. The van der Waals surface area contributed by atoms with Gasteiger partial charge >= 0.3 is 0 Å². The first-order valence-corrected chi connectivity index (χ1v) is 15.9. The van der Waals surface area contributed by atoms with Gasteiger partial charge in [-0.3, -0.25) is 14.5 Å². The first-order valence-electron chi connectivity index (χ1n) is 15.9. The number of rotatable bonds is 11. The summed E-state index contributed by atoms with van der Waals surface area (Å²) in [5.74, 6) is 0.168. The molecule has 2 amide bonds. The largest absolute Gasteiger partial charge is 0.486 e. The molecule has 2 N–H and O–H groups in total. The molecule has 0 radical (unpaired) electrons. The first-order chi connectivity index (χ1) is 22.6. The minimum absolute atomic E-state index is 0.105. The van der Waals surface area contributed by atoms with Crippen LogP contribution >= 0.6 is 0 Å². The van der Waals surface area contributed by atoms with Gasteiger partial charge in [0.05, 0.1) is 29.8 Å². The Labute approximate surface area is 275 Å². The Morgan fingerprint density at radius 2 is 1.68 bits per heavy atom. The molecule has 47 heavy (non-hydrogen) atoms. The zero-order valence-electron chi connectivity index (χ0n) is 27.2. The van der Waals surface area contributed by atoms with Crippen molar-refractivity contribution >= 4 is 17.5 Å². The normalized spacial score (nSPS) is 17.6. The van der Waals surface area contributed by atoms with Crippen LogP contribution in [0.5, 0.6) is 17.2 Å². The lowest BCUT2D eigenvalue weighted by Gasteiger charge is -2.38. The number of para-hydroxylation sites is 2. The molecule has 8 nitrogen and oxygen atoms in total. The highest BCUT2D eigenvalue weighted by Crippen LogP contribution is 2.36. The van der Waals surface area contributed by atoms with Crippen molar-refractivity contribution in [1.82, 2.24) is 9.80 Å². The van der Waals surface area contributed by atoms with E-state index < -0.39 is 12.0 Å². The summed E-state index contributed by atoms with van der Waals surface area (Å²) < 4.78 is 26.1. The Balaban J connectivity index is 1.36. The van der Waals surface area contributed by atoms with Crippen LogP contribution in [0.2, 0.25) is 0 Å². The third-order valence-electron chi connectivity index (χ3n) is 8.56. The first kappa shape index (κ1) is 33.6. The summed E-state index contributed by atoms with van der Waals surface area (Å²) in [5, 5.41) is 13.0. The van der Waals surface area contributed by atoms with E-state index in [9.17, 15) is 19.1 Å². The summed E-state index contributed by atoms with van der Waals surface area (Å²) >= 11 is 0. The maximum Gasteiger partial charge on any atom is 0.258 e. The number of ether oxygens (including phenoxy) is 2. The fraction of sp³-hybridized carbons (Fsp3) is 0.316. The maximum atomic E-state index is 13.8. The molecule has 9 heteroatoms. The molecular formula is C38H42FN3O5. The lowest BCUT2D eigenvalue weighted by molar-refractivity contribution is -0.117. The number of carbonyl (C=O) groups is 2. The van der Waals surface area contributed by atoms with Crippen LogP contribution in [-0.2, 0) is 11.3 Å². The quantitative estimate of drug-likeness (QED) is 0.190. The minimum atomic E-state index is -0.577. The summed E-state index contributed by atoms with van der Waals surface area (Å²) in [5.41, 5.74) is 2.45. The molecule has 0 bridgehead atoms. The Bertz CT molecular complexity index is 1650. The molecule has 1 aliphatic rings. The Hall–Kier alpha value is -4.73. The van der Waals surface area contributed by atoms with E-state index in [1.54, 1.807) is 42.2 Å². The average molecular weight is 640 g/mol. The van der Waals surface area contributed by atoms with Crippen LogP contribution in [0, 0.1) is 11.7 Å². The van der Waals surface area contributed by atoms with Crippen molar-refractivity contribution in [3.8, 4) is 17.2 Å². The zero-order chi connectivity index (χ0) is 33.5. The second-order valence-corrected chi connectivity index (χ2v) is 12.3. The lowest BCUT2D eigenvalue weighted by Crippen LogP contribution is -2.49. The Morgan fingerprint density at radius 1 is 1.00 bits per heavy atom. The van der Waals surface area contributed by atoms with Gasteiger partial charge in [-0.15, -0.1) is 0 Å². The molecule has 1 aliphatic heterocycles. The molecule has 0 aliphatic carbocycles. The van der Waals surface area contributed by atoms with Crippen LogP contribution in [0.25, 0.3) is 0 Å². The molecule has 0 saturated heterocycles. The van der Waals surface area contributed by atoms with Gasteiger partial charge in [0.15, 0.2) is 5.75 Å². The topological polar surface area (TPSA) is 91.3 Å². The third kappa shape index (κ3) is 8.36. The van der Waals surface area contributed by atoms with Crippen molar-refractivity contribution in [3.05, 3.63) is 120 Å². The second-order valence-electron chi connectivity index (χ2n) is 12.3. The smallest absolute Gasteiger partial charge is 0.258 e. The number of aliphatic hydroxyl groups excluding tert-OH is 1. The number of nitrogens with one attached hydrogen (secondary N) is 1. The fourth-order valence-corrected chi connectivity index (χ4v) is 5.67. The highest BCUT2D eigenvalue weighted by molar-refractivity contribution is 6.02. The predicted octanol–water partition coefficient (Wildman–Crippen LogP) is 6.71. The Kier molecular flexibility index (Phi) is 10.9. The van der Waals surface area contributed by atoms with E-state index in [4.69, 9.17) is 9.47 Å². The summed E-state index contributed by atoms with van der Waals surface area (Å²) in [6.07, 6.45) is -0.353. The van der Waals surface area contributed by atoms with E-state index in [1.165, 1.54) is 12.1 Å². The summed E-state index contributed by atoms with van der Waals surface area (Å²) in [6.45, 7) is 6.97. The van der Waals surface area contributed by atoms with Gasteiger partial charge in [0.2, 0.25) is 5.91 Å². The SMILES string of the molecule is CC(C(=O)Nc1cccc2c1O[C@H](CN(C)Cc1ccc(Oc3ccccc3)cc1)[C@H](C)CN(C(C)CO)C2=O)c1ccc(F)cc1. The average Bonchev–Trinajstić information content (AvgIpc) is 3.07. The standard InChI is InChI=1S/C38H42FN3O5/c1-25-21-42(26(2)24-43)38(45)33-11-8-12-34(40-37(44)27(3)29-15-17-30(39)18-16-29)36(33)47-35(25)23-41(4)22-28-13-19-32(20-14-28)46-31-9-6-5-7-10-31/h5-20,25-27,35,43H,21-24H2,1-4H3,(H,40,44)/t25-,26?,27?,35-/m1/s1. The number of amides is 2. The van der Waals surface area contributed by atoms with Crippen LogP contribution < -0.4 is 14.8 Å². The highest BCUT2D eigenvalue weighted by atomic mass is 19.1. The number of hydrogen-bond donors (Lipinski definition) is 2. The Morgan fingerprint density at radius 3 is 2.36 bits per heavy atom. The van der Waals surface area contributed by atoms with Gasteiger partial charge in [-0.2, -0.15) is 0 Å². The van der Waals surface area contributed by atoms with Crippen molar-refractivity contribution in [2.75, 3.05) is 32.1 Å². The van der Waals surface area contributed by atoms with Crippen molar-refractivity contribution in [2.24, 2.45) is 5.92 Å². The van der Waals surface area contributed by atoms with Crippen LogP contribution in [-0.4, -0.2) is 65.6 Å². The molecule has 5 rings (SSSR count). The van der Waals surface area contributed by atoms with Gasteiger partial charge in [-0.25, -0.2) is 4.39 Å². The second kappa shape index (κ2) is 15.2. The summed E-state index contributed by atoms with van der Waals surface area (Å²) in [7, 11) is 2.02. The molecule has 4 aromatic carbocycles. The number of halogens is 1. The van der Waals surface area contributed by atoms with E-state index in [2.05, 4.69) is 10.2 Å². The number of anilines is 1. The van der Waals surface area contributed by atoms with Crippen molar-refractivity contribution < 1.29 is 28.6 Å². The van der Waals surface area contributed by atoms with Crippen molar-refractivity contribution in [3.63, 3.8) is 0 Å². The molecule has 0 fully saturated rings. The number of benzene rings is 4. The number of carbonyl (C=O) groups excluding carboxylic acids is 2. The third-order valence-corrected chi connectivity index (χ3v) is 8.56. The molecule has 1 heterocycles. The number of aliphatic hydroxyl groups is 1. The number of hydrogen-bond acceptors (Lipinski definition) is 6. The van der Waals surface area contributed by atoms with Crippen LogP contribution in [0.15, 0.2) is 97.1 Å². The van der Waals surface area contributed by atoms with Crippen molar-refractivity contribution in [2.45, 2.75) is 45.4 Å².